The number of imidazole rings is 1. The van der Waals surface area contributed by atoms with Crippen LogP contribution in [0.25, 0.3) is 11.0 Å². The van der Waals surface area contributed by atoms with E-state index in [0.717, 1.165) is 23.4 Å². The summed E-state index contributed by atoms with van der Waals surface area (Å²) in [6.07, 6.45) is 0. The van der Waals surface area contributed by atoms with E-state index in [2.05, 4.69) is 10.3 Å². The molecule has 2 rings (SSSR count). The third kappa shape index (κ3) is 3.67. The van der Waals surface area contributed by atoms with E-state index >= 15 is 0 Å². The summed E-state index contributed by atoms with van der Waals surface area (Å²) < 4.78 is 7.22. The second-order valence-corrected chi connectivity index (χ2v) is 4.67. The predicted octanol–water partition coefficient (Wildman–Crippen LogP) is 1.33. The zero-order chi connectivity index (χ0) is 13.7. The maximum absolute atomic E-state index is 8.57. The van der Waals surface area contributed by atoms with Gasteiger partial charge < -0.3 is 19.7 Å². The number of rotatable bonds is 7. The molecule has 0 aliphatic carbocycles. The van der Waals surface area contributed by atoms with Crippen molar-refractivity contribution >= 4 is 22.6 Å². The van der Waals surface area contributed by atoms with Gasteiger partial charge in [-0.3, -0.25) is 0 Å². The van der Waals surface area contributed by atoms with E-state index in [9.17, 15) is 0 Å². The van der Waals surface area contributed by atoms with Crippen LogP contribution in [0.5, 0.6) is 0 Å². The average Bonchev–Trinajstić information content (AvgIpc) is 2.70. The number of aromatic nitrogens is 2. The largest absolute Gasteiger partial charge is 0.394 e. The zero-order valence-electron chi connectivity index (χ0n) is 10.9. The van der Waals surface area contributed by atoms with Gasteiger partial charge in [-0.15, -0.1) is 0 Å². The fourth-order valence-electron chi connectivity index (χ4n) is 1.89. The van der Waals surface area contributed by atoms with Gasteiger partial charge in [0.25, 0.3) is 0 Å². The lowest BCUT2D eigenvalue weighted by atomic mass is 10.3. The van der Waals surface area contributed by atoms with Gasteiger partial charge in [0.1, 0.15) is 5.82 Å². The molecule has 1 aromatic heterocycles. The van der Waals surface area contributed by atoms with Crippen molar-refractivity contribution in [3.05, 3.63) is 29.0 Å². The minimum absolute atomic E-state index is 0.0610. The van der Waals surface area contributed by atoms with Gasteiger partial charge in [-0.2, -0.15) is 0 Å². The Morgan fingerprint density at radius 1 is 1.42 bits per heavy atom. The van der Waals surface area contributed by atoms with E-state index in [1.54, 1.807) is 0 Å². The molecule has 0 fully saturated rings. The standard InChI is InChI=1S/C13H18ClN3O2/c1-17-12-3-2-10(14)8-11(12)16-13(17)9-15-4-6-19-7-5-18/h2-3,8,15,18H,4-7,9H2,1H3. The molecule has 0 aliphatic rings. The number of halogens is 1. The third-order valence-electron chi connectivity index (χ3n) is 2.88. The molecule has 19 heavy (non-hydrogen) atoms. The molecule has 1 aromatic carbocycles. The SMILES string of the molecule is Cn1c(CNCCOCCO)nc2cc(Cl)ccc21. The van der Waals surface area contributed by atoms with Crippen molar-refractivity contribution < 1.29 is 9.84 Å². The Hall–Kier alpha value is -1.14. The Morgan fingerprint density at radius 3 is 3.05 bits per heavy atom. The first-order valence-corrected chi connectivity index (χ1v) is 6.60. The van der Waals surface area contributed by atoms with Crippen molar-refractivity contribution in [2.24, 2.45) is 7.05 Å². The van der Waals surface area contributed by atoms with Crippen LogP contribution in [0.3, 0.4) is 0 Å². The molecule has 0 saturated carbocycles. The smallest absolute Gasteiger partial charge is 0.123 e. The lowest BCUT2D eigenvalue weighted by Crippen LogP contribution is -2.21. The fourth-order valence-corrected chi connectivity index (χ4v) is 2.06. The molecule has 0 radical (unpaired) electrons. The van der Waals surface area contributed by atoms with Gasteiger partial charge in [0.15, 0.2) is 0 Å². The van der Waals surface area contributed by atoms with Crippen LogP contribution in [0, 0.1) is 0 Å². The highest BCUT2D eigenvalue weighted by Crippen LogP contribution is 2.19. The number of nitrogens with zero attached hydrogens (tertiary/aromatic N) is 2. The van der Waals surface area contributed by atoms with Gasteiger partial charge in [0, 0.05) is 18.6 Å². The van der Waals surface area contributed by atoms with Gasteiger partial charge in [-0.05, 0) is 18.2 Å². The highest BCUT2D eigenvalue weighted by molar-refractivity contribution is 6.31. The summed E-state index contributed by atoms with van der Waals surface area (Å²) in [5, 5.41) is 12.5. The van der Waals surface area contributed by atoms with E-state index in [1.165, 1.54) is 0 Å². The van der Waals surface area contributed by atoms with Gasteiger partial charge in [-0.25, -0.2) is 4.98 Å². The van der Waals surface area contributed by atoms with E-state index in [1.807, 2.05) is 29.8 Å². The molecular weight excluding hydrogens is 266 g/mol. The molecule has 0 saturated heterocycles. The van der Waals surface area contributed by atoms with Crippen molar-refractivity contribution in [3.8, 4) is 0 Å². The van der Waals surface area contributed by atoms with Crippen molar-refractivity contribution in [2.45, 2.75) is 6.54 Å². The van der Waals surface area contributed by atoms with Gasteiger partial charge in [0.2, 0.25) is 0 Å². The highest BCUT2D eigenvalue weighted by Gasteiger charge is 2.07. The van der Waals surface area contributed by atoms with E-state index in [0.29, 0.717) is 24.8 Å². The van der Waals surface area contributed by atoms with Crippen molar-refractivity contribution in [3.63, 3.8) is 0 Å². The molecule has 5 nitrogen and oxygen atoms in total. The Labute approximate surface area is 117 Å². The number of ether oxygens (including phenoxy) is 1. The number of fused-ring (bicyclic) bond motifs is 1. The summed E-state index contributed by atoms with van der Waals surface area (Å²) in [6.45, 7) is 2.42. The van der Waals surface area contributed by atoms with Crippen LogP contribution >= 0.6 is 11.6 Å². The number of nitrogens with one attached hydrogen (secondary N) is 1. The molecule has 0 aliphatic heterocycles. The Bertz CT molecular complexity index is 542. The van der Waals surface area contributed by atoms with Crippen LogP contribution in [-0.4, -0.2) is 41.0 Å². The second-order valence-electron chi connectivity index (χ2n) is 4.23. The summed E-state index contributed by atoms with van der Waals surface area (Å²) in [5.41, 5.74) is 1.97. The lowest BCUT2D eigenvalue weighted by molar-refractivity contribution is 0.0937. The Kier molecular flexibility index (Phi) is 5.15. The number of aliphatic hydroxyl groups is 1. The molecule has 0 unspecified atom stereocenters. The van der Waals surface area contributed by atoms with Gasteiger partial charge in [-0.1, -0.05) is 11.6 Å². The van der Waals surface area contributed by atoms with E-state index in [-0.39, 0.29) is 6.61 Å². The minimum Gasteiger partial charge on any atom is -0.394 e. The van der Waals surface area contributed by atoms with E-state index < -0.39 is 0 Å². The first-order valence-electron chi connectivity index (χ1n) is 6.22. The van der Waals surface area contributed by atoms with Crippen LogP contribution in [-0.2, 0) is 18.3 Å². The normalized spacial score (nSPS) is 11.3. The first-order chi connectivity index (χ1) is 9.22. The van der Waals surface area contributed by atoms with Crippen LogP contribution in [0.15, 0.2) is 18.2 Å². The van der Waals surface area contributed by atoms with E-state index in [4.69, 9.17) is 21.4 Å². The molecule has 0 bridgehead atoms. The second kappa shape index (κ2) is 6.86. The van der Waals surface area contributed by atoms with Crippen LogP contribution in [0.1, 0.15) is 5.82 Å². The first kappa shape index (κ1) is 14.3. The van der Waals surface area contributed by atoms with Gasteiger partial charge >= 0.3 is 0 Å². The zero-order valence-corrected chi connectivity index (χ0v) is 11.7. The average molecular weight is 284 g/mol. The van der Waals surface area contributed by atoms with Crippen LogP contribution < -0.4 is 5.32 Å². The van der Waals surface area contributed by atoms with Crippen LogP contribution in [0.2, 0.25) is 5.02 Å². The number of aliphatic hydroxyl groups excluding tert-OH is 1. The monoisotopic (exact) mass is 283 g/mol. The molecule has 2 aromatic rings. The predicted molar refractivity (Wildman–Crippen MR) is 75.3 cm³/mol. The molecule has 0 spiro atoms. The molecule has 0 atom stereocenters. The van der Waals surface area contributed by atoms with Crippen molar-refractivity contribution in [2.75, 3.05) is 26.4 Å². The molecule has 0 amide bonds. The van der Waals surface area contributed by atoms with Crippen LogP contribution in [0.4, 0.5) is 0 Å². The molecular formula is C13H18ClN3O2. The Morgan fingerprint density at radius 2 is 2.26 bits per heavy atom. The summed E-state index contributed by atoms with van der Waals surface area (Å²) in [4.78, 5) is 4.54. The number of benzene rings is 1. The number of aryl methyl sites for hydroxylation is 1. The minimum atomic E-state index is 0.0610. The highest BCUT2D eigenvalue weighted by atomic mass is 35.5. The quantitative estimate of drug-likeness (QED) is 0.753. The number of hydrogen-bond donors (Lipinski definition) is 2. The topological polar surface area (TPSA) is 59.3 Å². The summed E-state index contributed by atoms with van der Waals surface area (Å²) in [6, 6.07) is 5.70. The van der Waals surface area contributed by atoms with Crippen molar-refractivity contribution in [1.82, 2.24) is 14.9 Å². The van der Waals surface area contributed by atoms with Gasteiger partial charge in [0.05, 0.1) is 37.4 Å². The number of hydrogen-bond acceptors (Lipinski definition) is 4. The maximum atomic E-state index is 8.57. The summed E-state index contributed by atoms with van der Waals surface area (Å²) >= 11 is 5.95. The molecule has 2 N–H and O–H groups in total. The lowest BCUT2D eigenvalue weighted by Gasteiger charge is -2.05. The third-order valence-corrected chi connectivity index (χ3v) is 3.11. The molecule has 104 valence electrons. The molecule has 1 heterocycles. The Balaban J connectivity index is 1.92. The summed E-state index contributed by atoms with van der Waals surface area (Å²) in [7, 11) is 1.99. The maximum Gasteiger partial charge on any atom is 0.123 e. The molecule has 6 heteroatoms. The summed E-state index contributed by atoms with van der Waals surface area (Å²) in [5.74, 6) is 0.958. The van der Waals surface area contributed by atoms with Crippen molar-refractivity contribution in [1.29, 1.82) is 0 Å². The fraction of sp³-hybridized carbons (Fsp3) is 0.462.